The number of hydrogen-bond donors (Lipinski definition) is 1. The summed E-state index contributed by atoms with van der Waals surface area (Å²) in [6, 6.07) is 14.1. The highest BCUT2D eigenvalue weighted by molar-refractivity contribution is 7.80. The Morgan fingerprint density at radius 3 is 2.47 bits per heavy atom. The largest absolute Gasteiger partial charge is 0.457 e. The number of halogens is 3. The zero-order valence-corrected chi connectivity index (χ0v) is 17.3. The lowest BCUT2D eigenvalue weighted by Crippen LogP contribution is -2.54. The summed E-state index contributed by atoms with van der Waals surface area (Å²) in [5.74, 6) is -1.15. The van der Waals surface area contributed by atoms with Gasteiger partial charge in [0.15, 0.2) is 5.11 Å². The molecule has 2 heterocycles. The Hall–Kier alpha value is -3.00. The van der Waals surface area contributed by atoms with Crippen LogP contribution in [0.5, 0.6) is 0 Å². The summed E-state index contributed by atoms with van der Waals surface area (Å²) < 4.78 is 19.2. The van der Waals surface area contributed by atoms with Gasteiger partial charge in [-0.1, -0.05) is 23.2 Å². The van der Waals surface area contributed by atoms with Crippen LogP contribution in [0.4, 0.5) is 10.1 Å². The molecule has 0 aliphatic carbocycles. The first kappa shape index (κ1) is 20.3. The summed E-state index contributed by atoms with van der Waals surface area (Å²) in [6.07, 6.45) is 1.32. The standard InChI is InChI=1S/C21H11Cl2FN2O3S/c22-12-3-1-11(2-4-12)18-8-6-14(29-18)10-15-19(27)25-21(30)26(20(15)28)13-5-7-17(24)16(23)9-13/h1-10H,(H,25,27,30)/b15-10+. The number of nitrogens with zero attached hydrogens (tertiary/aromatic N) is 1. The van der Waals surface area contributed by atoms with E-state index in [9.17, 15) is 14.0 Å². The molecule has 1 aliphatic heterocycles. The van der Waals surface area contributed by atoms with E-state index < -0.39 is 17.6 Å². The van der Waals surface area contributed by atoms with E-state index in [2.05, 4.69) is 5.32 Å². The van der Waals surface area contributed by atoms with Crippen molar-refractivity contribution < 1.29 is 18.4 Å². The molecule has 1 aromatic heterocycles. The van der Waals surface area contributed by atoms with Gasteiger partial charge >= 0.3 is 0 Å². The molecule has 1 fully saturated rings. The average Bonchev–Trinajstić information content (AvgIpc) is 3.17. The van der Waals surface area contributed by atoms with Gasteiger partial charge in [0.1, 0.15) is 22.9 Å². The van der Waals surface area contributed by atoms with Gasteiger partial charge < -0.3 is 4.42 Å². The van der Waals surface area contributed by atoms with Crippen LogP contribution in [-0.2, 0) is 9.59 Å². The first-order valence-electron chi connectivity index (χ1n) is 8.56. The highest BCUT2D eigenvalue weighted by Gasteiger charge is 2.35. The third-order valence-corrected chi connectivity index (χ3v) is 5.13. The molecule has 9 heteroatoms. The Bertz CT molecular complexity index is 1220. The molecule has 1 aliphatic rings. The number of carbonyl (C=O) groups is 2. The van der Waals surface area contributed by atoms with Crippen LogP contribution in [0, 0.1) is 5.82 Å². The number of amides is 2. The summed E-state index contributed by atoms with van der Waals surface area (Å²) in [7, 11) is 0. The molecule has 2 aromatic carbocycles. The molecule has 0 radical (unpaired) electrons. The van der Waals surface area contributed by atoms with Gasteiger partial charge in [0, 0.05) is 10.6 Å². The maximum atomic E-state index is 13.5. The van der Waals surface area contributed by atoms with Crippen molar-refractivity contribution in [3.8, 4) is 11.3 Å². The van der Waals surface area contributed by atoms with Crippen LogP contribution >= 0.6 is 35.4 Å². The molecule has 1 saturated heterocycles. The number of thiocarbonyl (C=S) groups is 1. The van der Waals surface area contributed by atoms with Gasteiger partial charge in [0.2, 0.25) is 0 Å². The van der Waals surface area contributed by atoms with Crippen LogP contribution in [0.25, 0.3) is 17.4 Å². The van der Waals surface area contributed by atoms with E-state index in [1.807, 2.05) is 0 Å². The Morgan fingerprint density at radius 1 is 1.03 bits per heavy atom. The molecule has 0 atom stereocenters. The van der Waals surface area contributed by atoms with Gasteiger partial charge in [-0.05, 0) is 72.9 Å². The van der Waals surface area contributed by atoms with Crippen molar-refractivity contribution in [2.45, 2.75) is 0 Å². The Balaban J connectivity index is 1.67. The predicted molar refractivity (Wildman–Crippen MR) is 117 cm³/mol. The van der Waals surface area contributed by atoms with Crippen molar-refractivity contribution in [1.29, 1.82) is 0 Å². The molecular weight excluding hydrogens is 450 g/mol. The van der Waals surface area contributed by atoms with Crippen LogP contribution in [0.1, 0.15) is 5.76 Å². The summed E-state index contributed by atoms with van der Waals surface area (Å²) in [5.41, 5.74) is 0.817. The molecular formula is C21H11Cl2FN2O3S. The predicted octanol–water partition coefficient (Wildman–Crippen LogP) is 5.22. The molecule has 0 bridgehead atoms. The fourth-order valence-corrected chi connectivity index (χ4v) is 3.44. The molecule has 3 aromatic rings. The first-order valence-corrected chi connectivity index (χ1v) is 9.72. The average molecular weight is 461 g/mol. The van der Waals surface area contributed by atoms with E-state index in [-0.39, 0.29) is 21.4 Å². The number of nitrogens with one attached hydrogen (secondary N) is 1. The van der Waals surface area contributed by atoms with E-state index in [0.29, 0.717) is 16.5 Å². The highest BCUT2D eigenvalue weighted by atomic mass is 35.5. The molecule has 5 nitrogen and oxygen atoms in total. The second-order valence-electron chi connectivity index (χ2n) is 6.27. The third kappa shape index (κ3) is 3.87. The van der Waals surface area contributed by atoms with Gasteiger partial charge in [-0.15, -0.1) is 0 Å². The number of rotatable bonds is 3. The maximum Gasteiger partial charge on any atom is 0.270 e. The zero-order chi connectivity index (χ0) is 21.4. The number of carbonyl (C=O) groups excluding carboxylic acids is 2. The smallest absolute Gasteiger partial charge is 0.270 e. The lowest BCUT2D eigenvalue weighted by atomic mass is 10.1. The van der Waals surface area contributed by atoms with Crippen molar-refractivity contribution in [1.82, 2.24) is 5.32 Å². The highest BCUT2D eigenvalue weighted by Crippen LogP contribution is 2.28. The van der Waals surface area contributed by atoms with Crippen molar-refractivity contribution >= 4 is 64.1 Å². The minimum absolute atomic E-state index is 0.133. The molecule has 1 N–H and O–H groups in total. The fourth-order valence-electron chi connectivity index (χ4n) is 2.86. The monoisotopic (exact) mass is 460 g/mol. The lowest BCUT2D eigenvalue weighted by Gasteiger charge is -2.28. The normalized spacial score (nSPS) is 15.6. The van der Waals surface area contributed by atoms with Crippen molar-refractivity contribution in [3.63, 3.8) is 0 Å². The molecule has 0 unspecified atom stereocenters. The van der Waals surface area contributed by atoms with Crippen molar-refractivity contribution in [2.24, 2.45) is 0 Å². The first-order chi connectivity index (χ1) is 14.3. The van der Waals surface area contributed by atoms with E-state index in [1.165, 1.54) is 18.2 Å². The summed E-state index contributed by atoms with van der Waals surface area (Å²) in [4.78, 5) is 26.4. The molecule has 2 amide bonds. The third-order valence-electron chi connectivity index (χ3n) is 4.31. The maximum absolute atomic E-state index is 13.5. The Morgan fingerprint density at radius 2 is 1.77 bits per heavy atom. The molecule has 4 rings (SSSR count). The number of anilines is 1. The van der Waals surface area contributed by atoms with Crippen LogP contribution in [0.15, 0.2) is 64.6 Å². The Kier molecular flexibility index (Phi) is 5.42. The minimum Gasteiger partial charge on any atom is -0.457 e. The number of furan rings is 1. The van der Waals surface area contributed by atoms with E-state index in [1.54, 1.807) is 36.4 Å². The number of hydrogen-bond acceptors (Lipinski definition) is 4. The topological polar surface area (TPSA) is 62.6 Å². The van der Waals surface area contributed by atoms with Crippen molar-refractivity contribution in [2.75, 3.05) is 4.90 Å². The lowest BCUT2D eigenvalue weighted by molar-refractivity contribution is -0.122. The van der Waals surface area contributed by atoms with Gasteiger partial charge in [0.25, 0.3) is 11.8 Å². The summed E-state index contributed by atoms with van der Waals surface area (Å²) >= 11 is 16.8. The van der Waals surface area contributed by atoms with E-state index in [4.69, 9.17) is 39.8 Å². The van der Waals surface area contributed by atoms with Gasteiger partial charge in [0.05, 0.1) is 10.7 Å². The molecule has 0 saturated carbocycles. The Labute approximate surface area is 185 Å². The van der Waals surface area contributed by atoms with E-state index >= 15 is 0 Å². The SMILES string of the molecule is O=C1NC(=S)N(c2ccc(F)c(Cl)c2)C(=O)/C1=C/c1ccc(-c2ccc(Cl)cc2)o1. The fraction of sp³-hybridized carbons (Fsp3) is 0. The minimum atomic E-state index is -0.684. The zero-order valence-electron chi connectivity index (χ0n) is 15.0. The second-order valence-corrected chi connectivity index (χ2v) is 7.50. The quantitative estimate of drug-likeness (QED) is 0.330. The molecule has 150 valence electrons. The van der Waals surface area contributed by atoms with Crippen LogP contribution in [-0.4, -0.2) is 16.9 Å². The van der Waals surface area contributed by atoms with Gasteiger partial charge in [-0.3, -0.25) is 19.8 Å². The van der Waals surface area contributed by atoms with Gasteiger partial charge in [-0.25, -0.2) is 4.39 Å². The van der Waals surface area contributed by atoms with Crippen LogP contribution in [0.2, 0.25) is 10.0 Å². The number of benzene rings is 2. The summed E-state index contributed by atoms with van der Waals surface area (Å²) in [6.45, 7) is 0. The summed E-state index contributed by atoms with van der Waals surface area (Å²) in [5, 5.41) is 2.73. The molecule has 30 heavy (non-hydrogen) atoms. The van der Waals surface area contributed by atoms with Crippen LogP contribution < -0.4 is 10.2 Å². The van der Waals surface area contributed by atoms with Gasteiger partial charge in [-0.2, -0.15) is 0 Å². The second kappa shape index (κ2) is 8.02. The van der Waals surface area contributed by atoms with E-state index in [0.717, 1.165) is 16.5 Å². The molecule has 0 spiro atoms. The van der Waals surface area contributed by atoms with Crippen LogP contribution in [0.3, 0.4) is 0 Å². The van der Waals surface area contributed by atoms with Crippen molar-refractivity contribution in [3.05, 3.63) is 81.8 Å².